The van der Waals surface area contributed by atoms with Crippen LogP contribution in [0.3, 0.4) is 0 Å². The standard InChI is InChI=1S/C20H23N5O.HI/c1-3-21-20(23-12-17-6-4-5-11-22-17)24-13-18-14-26-19(25-18)16-9-7-15(2)8-10-16;/h4-11,14H,3,12-13H2,1-2H3,(H2,21,23,24);1H. The molecule has 0 atom stereocenters. The van der Waals surface area contributed by atoms with Crippen LogP contribution in [-0.4, -0.2) is 22.5 Å². The number of aliphatic imine (C=N–C) groups is 1. The molecule has 6 nitrogen and oxygen atoms in total. The number of nitrogens with zero attached hydrogens (tertiary/aromatic N) is 3. The van der Waals surface area contributed by atoms with Crippen molar-refractivity contribution in [3.05, 3.63) is 71.9 Å². The smallest absolute Gasteiger partial charge is 0.226 e. The molecular weight excluding hydrogens is 453 g/mol. The zero-order chi connectivity index (χ0) is 18.2. The van der Waals surface area contributed by atoms with E-state index in [1.54, 1.807) is 12.5 Å². The van der Waals surface area contributed by atoms with Crippen LogP contribution in [0.5, 0.6) is 0 Å². The van der Waals surface area contributed by atoms with Crippen LogP contribution in [0.1, 0.15) is 23.9 Å². The monoisotopic (exact) mass is 477 g/mol. The number of pyridine rings is 1. The normalized spacial score (nSPS) is 11.0. The van der Waals surface area contributed by atoms with Gasteiger partial charge in [0, 0.05) is 18.3 Å². The molecular formula is C20H24IN5O. The van der Waals surface area contributed by atoms with E-state index in [9.17, 15) is 0 Å². The second-order valence-electron chi connectivity index (χ2n) is 5.88. The number of benzene rings is 1. The van der Waals surface area contributed by atoms with Gasteiger partial charge < -0.3 is 15.1 Å². The summed E-state index contributed by atoms with van der Waals surface area (Å²) >= 11 is 0. The number of rotatable bonds is 6. The topological polar surface area (TPSA) is 75.3 Å². The zero-order valence-corrected chi connectivity index (χ0v) is 17.8. The van der Waals surface area contributed by atoms with Gasteiger partial charge in [0.2, 0.25) is 5.89 Å². The van der Waals surface area contributed by atoms with Crippen LogP contribution in [-0.2, 0) is 13.1 Å². The molecule has 1 aromatic carbocycles. The Morgan fingerprint density at radius 1 is 1.07 bits per heavy atom. The lowest BCUT2D eigenvalue weighted by Gasteiger charge is -2.10. The molecule has 0 radical (unpaired) electrons. The number of halogens is 1. The third kappa shape index (κ3) is 6.35. The third-order valence-electron chi connectivity index (χ3n) is 3.76. The van der Waals surface area contributed by atoms with E-state index in [1.807, 2.05) is 49.4 Å². The summed E-state index contributed by atoms with van der Waals surface area (Å²) in [6.45, 7) is 5.91. The van der Waals surface area contributed by atoms with Crippen molar-refractivity contribution in [1.82, 2.24) is 20.6 Å². The van der Waals surface area contributed by atoms with Crippen LogP contribution in [0.25, 0.3) is 11.5 Å². The van der Waals surface area contributed by atoms with E-state index in [2.05, 4.69) is 32.5 Å². The zero-order valence-electron chi connectivity index (χ0n) is 15.5. The number of nitrogens with one attached hydrogen (secondary N) is 2. The van der Waals surface area contributed by atoms with Crippen molar-refractivity contribution in [2.45, 2.75) is 26.9 Å². The summed E-state index contributed by atoms with van der Waals surface area (Å²) in [5.41, 5.74) is 3.92. The lowest BCUT2D eigenvalue weighted by atomic mass is 10.1. The molecule has 0 aliphatic rings. The molecule has 2 aromatic heterocycles. The Balaban J connectivity index is 0.00000261. The average molecular weight is 477 g/mol. The predicted molar refractivity (Wildman–Crippen MR) is 118 cm³/mol. The van der Waals surface area contributed by atoms with E-state index in [4.69, 9.17) is 4.42 Å². The first kappa shape index (κ1) is 20.9. The minimum atomic E-state index is 0. The number of hydrogen-bond donors (Lipinski definition) is 2. The fourth-order valence-electron chi connectivity index (χ4n) is 2.39. The van der Waals surface area contributed by atoms with Gasteiger partial charge in [0.05, 0.1) is 18.8 Å². The van der Waals surface area contributed by atoms with Crippen molar-refractivity contribution >= 4 is 29.9 Å². The Hall–Kier alpha value is -2.42. The van der Waals surface area contributed by atoms with Gasteiger partial charge in [0.25, 0.3) is 0 Å². The van der Waals surface area contributed by atoms with Gasteiger partial charge >= 0.3 is 0 Å². The van der Waals surface area contributed by atoms with Gasteiger partial charge in [-0.3, -0.25) is 4.98 Å². The van der Waals surface area contributed by atoms with Crippen molar-refractivity contribution in [3.63, 3.8) is 0 Å². The maximum Gasteiger partial charge on any atom is 0.226 e. The second kappa shape index (κ2) is 10.7. The van der Waals surface area contributed by atoms with E-state index in [0.29, 0.717) is 19.0 Å². The van der Waals surface area contributed by atoms with Gasteiger partial charge in [0.15, 0.2) is 5.96 Å². The number of guanidine groups is 1. The quantitative estimate of drug-likeness (QED) is 0.320. The Labute approximate surface area is 176 Å². The molecule has 0 aliphatic carbocycles. The van der Waals surface area contributed by atoms with Crippen molar-refractivity contribution in [1.29, 1.82) is 0 Å². The molecule has 0 fully saturated rings. The summed E-state index contributed by atoms with van der Waals surface area (Å²) in [5.74, 6) is 1.33. The summed E-state index contributed by atoms with van der Waals surface area (Å²) in [6.07, 6.45) is 3.43. The molecule has 3 rings (SSSR count). The van der Waals surface area contributed by atoms with Crippen LogP contribution in [0, 0.1) is 6.92 Å². The van der Waals surface area contributed by atoms with E-state index in [1.165, 1.54) is 5.56 Å². The fraction of sp³-hybridized carbons (Fsp3) is 0.250. The summed E-state index contributed by atoms with van der Waals surface area (Å²) < 4.78 is 5.58. The molecule has 142 valence electrons. The summed E-state index contributed by atoms with van der Waals surface area (Å²) in [4.78, 5) is 13.4. The number of oxazole rings is 1. The van der Waals surface area contributed by atoms with Crippen molar-refractivity contribution < 1.29 is 4.42 Å². The van der Waals surface area contributed by atoms with Crippen LogP contribution in [0.2, 0.25) is 0 Å². The molecule has 0 unspecified atom stereocenters. The average Bonchev–Trinajstić information content (AvgIpc) is 3.14. The molecule has 0 spiro atoms. The Morgan fingerprint density at radius 2 is 1.89 bits per heavy atom. The first-order chi connectivity index (χ1) is 12.7. The third-order valence-corrected chi connectivity index (χ3v) is 3.76. The van der Waals surface area contributed by atoms with Gasteiger partial charge in [-0.2, -0.15) is 0 Å². The van der Waals surface area contributed by atoms with Crippen LogP contribution in [0.15, 0.2) is 64.3 Å². The van der Waals surface area contributed by atoms with Gasteiger partial charge in [-0.1, -0.05) is 23.8 Å². The fourth-order valence-corrected chi connectivity index (χ4v) is 2.39. The van der Waals surface area contributed by atoms with Gasteiger partial charge in [0.1, 0.15) is 12.0 Å². The van der Waals surface area contributed by atoms with Gasteiger partial charge in [-0.25, -0.2) is 9.98 Å². The van der Waals surface area contributed by atoms with Crippen LogP contribution < -0.4 is 10.6 Å². The molecule has 0 saturated heterocycles. The number of aromatic nitrogens is 2. The first-order valence-corrected chi connectivity index (χ1v) is 8.68. The maximum atomic E-state index is 5.58. The highest BCUT2D eigenvalue weighted by molar-refractivity contribution is 14.0. The highest BCUT2D eigenvalue weighted by atomic mass is 127. The van der Waals surface area contributed by atoms with E-state index < -0.39 is 0 Å². The predicted octanol–water partition coefficient (Wildman–Crippen LogP) is 3.92. The molecule has 3 aromatic rings. The van der Waals surface area contributed by atoms with Gasteiger partial charge in [-0.05, 0) is 38.1 Å². The van der Waals surface area contributed by atoms with E-state index in [-0.39, 0.29) is 24.0 Å². The molecule has 27 heavy (non-hydrogen) atoms. The minimum Gasteiger partial charge on any atom is -0.444 e. The first-order valence-electron chi connectivity index (χ1n) is 8.68. The molecule has 0 saturated carbocycles. The second-order valence-corrected chi connectivity index (χ2v) is 5.88. The summed E-state index contributed by atoms with van der Waals surface area (Å²) in [6, 6.07) is 13.9. The number of hydrogen-bond acceptors (Lipinski definition) is 4. The lowest BCUT2D eigenvalue weighted by Crippen LogP contribution is -2.37. The maximum absolute atomic E-state index is 5.58. The molecule has 7 heteroatoms. The summed E-state index contributed by atoms with van der Waals surface area (Å²) in [5, 5.41) is 6.49. The van der Waals surface area contributed by atoms with E-state index in [0.717, 1.165) is 29.5 Å². The van der Waals surface area contributed by atoms with Crippen LogP contribution in [0.4, 0.5) is 0 Å². The Bertz CT molecular complexity index is 846. The summed E-state index contributed by atoms with van der Waals surface area (Å²) in [7, 11) is 0. The van der Waals surface area contributed by atoms with Crippen LogP contribution >= 0.6 is 24.0 Å². The molecule has 0 amide bonds. The molecule has 2 heterocycles. The lowest BCUT2D eigenvalue weighted by molar-refractivity contribution is 0.572. The minimum absolute atomic E-state index is 0. The molecule has 2 N–H and O–H groups in total. The Kier molecular flexibility index (Phi) is 8.25. The van der Waals surface area contributed by atoms with E-state index >= 15 is 0 Å². The van der Waals surface area contributed by atoms with Crippen molar-refractivity contribution in [2.24, 2.45) is 4.99 Å². The number of aryl methyl sites for hydroxylation is 1. The van der Waals surface area contributed by atoms with Crippen molar-refractivity contribution in [3.8, 4) is 11.5 Å². The molecule has 0 bridgehead atoms. The molecule has 0 aliphatic heterocycles. The largest absolute Gasteiger partial charge is 0.444 e. The van der Waals surface area contributed by atoms with Gasteiger partial charge in [-0.15, -0.1) is 24.0 Å². The Morgan fingerprint density at radius 3 is 2.59 bits per heavy atom. The highest BCUT2D eigenvalue weighted by Crippen LogP contribution is 2.19. The SMILES string of the molecule is CCNC(=NCc1coc(-c2ccc(C)cc2)n1)NCc1ccccn1.I. The van der Waals surface area contributed by atoms with Crippen molar-refractivity contribution in [2.75, 3.05) is 6.54 Å². The highest BCUT2D eigenvalue weighted by Gasteiger charge is 2.07.